The summed E-state index contributed by atoms with van der Waals surface area (Å²) in [5, 5.41) is 11.9. The van der Waals surface area contributed by atoms with E-state index in [1.807, 2.05) is 11.0 Å². The number of aromatic nitrogens is 4. The summed E-state index contributed by atoms with van der Waals surface area (Å²) >= 11 is 0. The van der Waals surface area contributed by atoms with E-state index in [4.69, 9.17) is 5.73 Å². The predicted octanol–water partition coefficient (Wildman–Crippen LogP) is 0.705. The van der Waals surface area contributed by atoms with Crippen LogP contribution < -0.4 is 10.6 Å². The molecule has 1 aromatic heterocycles. The lowest BCUT2D eigenvalue weighted by atomic mass is 10.2. The molecule has 102 valence electrons. The summed E-state index contributed by atoms with van der Waals surface area (Å²) in [6.45, 7) is 1.79. The maximum atomic E-state index is 13.3. The second kappa shape index (κ2) is 6.24. The summed E-state index contributed by atoms with van der Waals surface area (Å²) in [6.07, 6.45) is 0.816. The van der Waals surface area contributed by atoms with Crippen LogP contribution in [0.25, 0.3) is 0 Å². The van der Waals surface area contributed by atoms with Crippen LogP contribution in [0.3, 0.4) is 0 Å². The van der Waals surface area contributed by atoms with Crippen molar-refractivity contribution in [2.75, 3.05) is 18.0 Å². The van der Waals surface area contributed by atoms with Crippen LogP contribution >= 0.6 is 0 Å². The molecule has 0 bridgehead atoms. The van der Waals surface area contributed by atoms with Crippen LogP contribution in [-0.4, -0.2) is 33.3 Å². The van der Waals surface area contributed by atoms with E-state index >= 15 is 0 Å². The maximum absolute atomic E-state index is 13.3. The minimum atomic E-state index is -0.262. The van der Waals surface area contributed by atoms with E-state index in [1.54, 1.807) is 13.1 Å². The summed E-state index contributed by atoms with van der Waals surface area (Å²) in [5.41, 5.74) is 6.33. The van der Waals surface area contributed by atoms with Gasteiger partial charge in [0.25, 0.3) is 0 Å². The lowest BCUT2D eigenvalue weighted by Crippen LogP contribution is -2.26. The molecule has 0 aliphatic carbocycles. The molecule has 1 aromatic carbocycles. The average molecular weight is 264 g/mol. The Kier molecular flexibility index (Phi) is 4.40. The van der Waals surface area contributed by atoms with Crippen molar-refractivity contribution in [1.82, 2.24) is 20.2 Å². The highest BCUT2D eigenvalue weighted by molar-refractivity contribution is 5.46. The van der Waals surface area contributed by atoms with Crippen molar-refractivity contribution in [1.29, 1.82) is 0 Å². The Morgan fingerprint density at radius 1 is 1.42 bits per heavy atom. The van der Waals surface area contributed by atoms with E-state index < -0.39 is 0 Å². The van der Waals surface area contributed by atoms with Crippen LogP contribution in [-0.2, 0) is 13.6 Å². The van der Waals surface area contributed by atoms with Gasteiger partial charge in [-0.2, -0.15) is 4.80 Å². The molecule has 0 amide bonds. The zero-order valence-corrected chi connectivity index (χ0v) is 10.8. The Bertz CT molecular complexity index is 526. The SMILES string of the molecule is Cn1nnc(CN(CCCN)c2cccc(F)c2)n1. The van der Waals surface area contributed by atoms with Gasteiger partial charge in [-0.1, -0.05) is 6.07 Å². The molecule has 0 atom stereocenters. The van der Waals surface area contributed by atoms with E-state index in [-0.39, 0.29) is 5.82 Å². The molecular weight excluding hydrogens is 247 g/mol. The quantitative estimate of drug-likeness (QED) is 0.831. The van der Waals surface area contributed by atoms with Gasteiger partial charge >= 0.3 is 0 Å². The summed E-state index contributed by atoms with van der Waals surface area (Å²) in [5.74, 6) is 0.339. The summed E-state index contributed by atoms with van der Waals surface area (Å²) in [7, 11) is 1.71. The highest BCUT2D eigenvalue weighted by Gasteiger charge is 2.11. The van der Waals surface area contributed by atoms with Gasteiger partial charge in [-0.15, -0.1) is 10.2 Å². The molecule has 1 heterocycles. The number of anilines is 1. The molecule has 2 N–H and O–H groups in total. The molecule has 7 heteroatoms. The van der Waals surface area contributed by atoms with E-state index in [1.165, 1.54) is 16.9 Å². The first-order valence-electron chi connectivity index (χ1n) is 6.12. The molecule has 2 aromatic rings. The van der Waals surface area contributed by atoms with Crippen LogP contribution in [0.15, 0.2) is 24.3 Å². The zero-order chi connectivity index (χ0) is 13.7. The van der Waals surface area contributed by atoms with Crippen LogP contribution in [0, 0.1) is 5.82 Å². The maximum Gasteiger partial charge on any atom is 0.193 e. The van der Waals surface area contributed by atoms with Crippen LogP contribution in [0.4, 0.5) is 10.1 Å². The second-order valence-electron chi connectivity index (χ2n) is 4.24. The van der Waals surface area contributed by atoms with Crippen LogP contribution in [0.2, 0.25) is 0 Å². The number of rotatable bonds is 6. The van der Waals surface area contributed by atoms with Gasteiger partial charge in [0, 0.05) is 12.2 Å². The average Bonchev–Trinajstić information content (AvgIpc) is 2.80. The van der Waals surface area contributed by atoms with E-state index in [2.05, 4.69) is 15.4 Å². The van der Waals surface area contributed by atoms with Crippen molar-refractivity contribution >= 4 is 5.69 Å². The van der Waals surface area contributed by atoms with E-state index in [0.29, 0.717) is 18.9 Å². The fraction of sp³-hybridized carbons (Fsp3) is 0.417. The summed E-state index contributed by atoms with van der Waals surface area (Å²) < 4.78 is 13.3. The fourth-order valence-electron chi connectivity index (χ4n) is 1.81. The molecule has 2 rings (SSSR count). The predicted molar refractivity (Wildman–Crippen MR) is 69.9 cm³/mol. The minimum absolute atomic E-state index is 0.262. The van der Waals surface area contributed by atoms with E-state index in [0.717, 1.165) is 18.7 Å². The minimum Gasteiger partial charge on any atom is -0.364 e. The van der Waals surface area contributed by atoms with Gasteiger partial charge in [-0.05, 0) is 36.4 Å². The van der Waals surface area contributed by atoms with Crippen molar-refractivity contribution < 1.29 is 4.39 Å². The monoisotopic (exact) mass is 264 g/mol. The Morgan fingerprint density at radius 3 is 2.89 bits per heavy atom. The number of hydrogen-bond donors (Lipinski definition) is 1. The van der Waals surface area contributed by atoms with Gasteiger partial charge in [0.05, 0.1) is 13.6 Å². The first-order valence-corrected chi connectivity index (χ1v) is 6.12. The molecule has 6 nitrogen and oxygen atoms in total. The Balaban J connectivity index is 2.15. The summed E-state index contributed by atoms with van der Waals surface area (Å²) in [6, 6.07) is 6.46. The molecule has 0 saturated carbocycles. The lowest BCUT2D eigenvalue weighted by Gasteiger charge is -2.23. The Morgan fingerprint density at radius 2 is 2.26 bits per heavy atom. The normalized spacial score (nSPS) is 10.7. The van der Waals surface area contributed by atoms with Crippen molar-refractivity contribution in [2.45, 2.75) is 13.0 Å². The first-order chi connectivity index (χ1) is 9.19. The van der Waals surface area contributed by atoms with E-state index in [9.17, 15) is 4.39 Å². The topological polar surface area (TPSA) is 72.9 Å². The highest BCUT2D eigenvalue weighted by atomic mass is 19.1. The van der Waals surface area contributed by atoms with Crippen molar-refractivity contribution in [3.05, 3.63) is 35.9 Å². The molecule has 0 radical (unpaired) electrons. The largest absolute Gasteiger partial charge is 0.364 e. The second-order valence-corrected chi connectivity index (χ2v) is 4.24. The molecule has 0 unspecified atom stereocenters. The molecule has 0 aliphatic heterocycles. The number of hydrogen-bond acceptors (Lipinski definition) is 5. The molecule has 0 saturated heterocycles. The molecular formula is C12H17FN6. The van der Waals surface area contributed by atoms with Gasteiger partial charge < -0.3 is 10.6 Å². The zero-order valence-electron chi connectivity index (χ0n) is 10.8. The van der Waals surface area contributed by atoms with Crippen molar-refractivity contribution in [3.8, 4) is 0 Å². The summed E-state index contributed by atoms with van der Waals surface area (Å²) in [4.78, 5) is 3.40. The number of halogens is 1. The molecule has 0 aliphatic rings. The number of aryl methyl sites for hydroxylation is 1. The highest BCUT2D eigenvalue weighted by Crippen LogP contribution is 2.17. The van der Waals surface area contributed by atoms with Gasteiger partial charge in [0.15, 0.2) is 5.82 Å². The molecule has 0 spiro atoms. The molecule has 19 heavy (non-hydrogen) atoms. The molecule has 0 fully saturated rings. The standard InChI is InChI=1S/C12H17FN6/c1-18-16-12(15-17-18)9-19(7-3-6-14)11-5-2-4-10(13)8-11/h2,4-5,8H,3,6-7,9,14H2,1H3. The van der Waals surface area contributed by atoms with Crippen LogP contribution in [0.5, 0.6) is 0 Å². The number of tetrazole rings is 1. The third-order valence-electron chi connectivity index (χ3n) is 2.69. The van der Waals surface area contributed by atoms with Crippen LogP contribution in [0.1, 0.15) is 12.2 Å². The van der Waals surface area contributed by atoms with Gasteiger partial charge in [-0.25, -0.2) is 4.39 Å². The number of nitrogens with two attached hydrogens (primary N) is 1. The lowest BCUT2D eigenvalue weighted by molar-refractivity contribution is 0.621. The van der Waals surface area contributed by atoms with Gasteiger partial charge in [-0.3, -0.25) is 0 Å². The van der Waals surface area contributed by atoms with Gasteiger partial charge in [0.2, 0.25) is 0 Å². The van der Waals surface area contributed by atoms with Crippen molar-refractivity contribution in [3.63, 3.8) is 0 Å². The third-order valence-corrected chi connectivity index (χ3v) is 2.69. The Labute approximate surface area is 111 Å². The fourth-order valence-corrected chi connectivity index (χ4v) is 1.81. The number of benzene rings is 1. The smallest absolute Gasteiger partial charge is 0.193 e. The van der Waals surface area contributed by atoms with Gasteiger partial charge in [0.1, 0.15) is 5.82 Å². The van der Waals surface area contributed by atoms with Crippen molar-refractivity contribution in [2.24, 2.45) is 12.8 Å². The first kappa shape index (κ1) is 13.4. The third kappa shape index (κ3) is 3.72. The Hall–Kier alpha value is -2.02. The number of nitrogens with zero attached hydrogens (tertiary/aromatic N) is 5.